The van der Waals surface area contributed by atoms with Crippen molar-refractivity contribution in [2.45, 2.75) is 115 Å². The van der Waals surface area contributed by atoms with Crippen LogP contribution in [0, 0.1) is 0 Å². The number of benzene rings is 1. The first-order chi connectivity index (χ1) is 17.8. The van der Waals surface area contributed by atoms with Gasteiger partial charge in [-0.3, -0.25) is 4.79 Å². The van der Waals surface area contributed by atoms with Crippen LogP contribution in [0.3, 0.4) is 0 Å². The van der Waals surface area contributed by atoms with E-state index in [1.165, 1.54) is 44.9 Å². The standard InChI is InChI=1S/C29H42O8/c1-2-3-4-5-6-7-8-9-10-15-26(31)36-25-14-12-11-13-23(25)21-16-18-22(19-17-21)37-29(34)28(33)27(32)24(30)20-35-29/h16-20,23,25,30,32-34H,2-15H2,1H3. The van der Waals surface area contributed by atoms with Gasteiger partial charge in [0, 0.05) is 12.3 Å². The van der Waals surface area contributed by atoms with Gasteiger partial charge in [0.25, 0.3) is 5.76 Å². The first-order valence-electron chi connectivity index (χ1n) is 13.7. The fraction of sp³-hybridized carbons (Fsp3) is 0.621. The first kappa shape index (κ1) is 28.7. The Hall–Kier alpha value is -2.87. The summed E-state index contributed by atoms with van der Waals surface area (Å²) in [5.74, 6) is -5.25. The molecule has 3 atom stereocenters. The predicted molar refractivity (Wildman–Crippen MR) is 139 cm³/mol. The van der Waals surface area contributed by atoms with Crippen LogP contribution in [0.5, 0.6) is 5.75 Å². The molecule has 8 nitrogen and oxygen atoms in total. The molecule has 37 heavy (non-hydrogen) atoms. The van der Waals surface area contributed by atoms with Crippen molar-refractivity contribution in [1.29, 1.82) is 0 Å². The molecular weight excluding hydrogens is 476 g/mol. The molecule has 0 radical (unpaired) electrons. The molecule has 1 aromatic carbocycles. The highest BCUT2D eigenvalue weighted by Gasteiger charge is 2.44. The fourth-order valence-electron chi connectivity index (χ4n) is 4.96. The predicted octanol–water partition coefficient (Wildman–Crippen LogP) is 6.96. The number of ether oxygens (including phenoxy) is 3. The summed E-state index contributed by atoms with van der Waals surface area (Å²) < 4.78 is 16.1. The van der Waals surface area contributed by atoms with Gasteiger partial charge in [-0.1, -0.05) is 76.8 Å². The lowest BCUT2D eigenvalue weighted by Crippen LogP contribution is -2.42. The van der Waals surface area contributed by atoms with Crippen molar-refractivity contribution in [3.05, 3.63) is 53.4 Å². The van der Waals surface area contributed by atoms with Crippen molar-refractivity contribution in [2.24, 2.45) is 0 Å². The molecule has 2 aliphatic rings. The molecule has 206 valence electrons. The van der Waals surface area contributed by atoms with Crippen molar-refractivity contribution in [3.63, 3.8) is 0 Å². The van der Waals surface area contributed by atoms with Crippen LogP contribution in [0.1, 0.15) is 108 Å². The summed E-state index contributed by atoms with van der Waals surface area (Å²) in [6, 6.07) is 6.86. The molecule has 3 unspecified atom stereocenters. The second kappa shape index (κ2) is 14.2. The lowest BCUT2D eigenvalue weighted by Gasteiger charge is -2.32. The summed E-state index contributed by atoms with van der Waals surface area (Å²) in [5, 5.41) is 39.4. The van der Waals surface area contributed by atoms with Crippen molar-refractivity contribution in [2.75, 3.05) is 0 Å². The van der Waals surface area contributed by atoms with Gasteiger partial charge >= 0.3 is 11.9 Å². The zero-order valence-electron chi connectivity index (χ0n) is 21.9. The fourth-order valence-corrected chi connectivity index (χ4v) is 4.96. The smallest absolute Gasteiger partial charge is 0.436 e. The van der Waals surface area contributed by atoms with E-state index in [9.17, 15) is 25.2 Å². The van der Waals surface area contributed by atoms with Crippen molar-refractivity contribution in [1.82, 2.24) is 0 Å². The Morgan fingerprint density at radius 2 is 1.57 bits per heavy atom. The zero-order valence-corrected chi connectivity index (χ0v) is 21.9. The molecule has 0 spiro atoms. The van der Waals surface area contributed by atoms with Crippen molar-refractivity contribution >= 4 is 5.97 Å². The SMILES string of the molecule is CCCCCCCCCCCC(=O)OC1CCCCC1c1ccc(OC2(O)OC=C(O)C(O)=C2O)cc1. The number of carbonyl (C=O) groups excluding carboxylic acids is 1. The van der Waals surface area contributed by atoms with E-state index < -0.39 is 23.3 Å². The topological polar surface area (TPSA) is 126 Å². The second-order valence-corrected chi connectivity index (χ2v) is 10.1. The van der Waals surface area contributed by atoms with Crippen molar-refractivity contribution in [3.8, 4) is 5.75 Å². The zero-order chi connectivity index (χ0) is 26.7. The number of rotatable bonds is 14. The van der Waals surface area contributed by atoms with Gasteiger partial charge < -0.3 is 34.6 Å². The quantitative estimate of drug-likeness (QED) is 0.118. The number of esters is 1. The molecule has 0 bridgehead atoms. The van der Waals surface area contributed by atoms with Gasteiger partial charge in [0.05, 0.1) is 0 Å². The minimum absolute atomic E-state index is 0.0705. The molecule has 8 heteroatoms. The Morgan fingerprint density at radius 3 is 2.24 bits per heavy atom. The first-order valence-corrected chi connectivity index (χ1v) is 13.7. The highest BCUT2D eigenvalue weighted by atomic mass is 16.8. The van der Waals surface area contributed by atoms with E-state index in [-0.39, 0.29) is 23.7 Å². The molecular formula is C29H42O8. The summed E-state index contributed by atoms with van der Waals surface area (Å²) >= 11 is 0. The van der Waals surface area contributed by atoms with E-state index in [0.717, 1.165) is 44.1 Å². The van der Waals surface area contributed by atoms with E-state index in [1.807, 2.05) is 12.1 Å². The van der Waals surface area contributed by atoms with E-state index in [4.69, 9.17) is 14.2 Å². The Morgan fingerprint density at radius 1 is 0.946 bits per heavy atom. The van der Waals surface area contributed by atoms with Gasteiger partial charge in [-0.05, 0) is 43.4 Å². The normalized spacial score (nSPS) is 23.8. The van der Waals surface area contributed by atoms with Crippen LogP contribution in [-0.4, -0.2) is 38.5 Å². The van der Waals surface area contributed by atoms with Gasteiger partial charge in [0.1, 0.15) is 18.1 Å². The Kier molecular flexibility index (Phi) is 11.0. The molecule has 1 heterocycles. The van der Waals surface area contributed by atoms with E-state index >= 15 is 0 Å². The van der Waals surface area contributed by atoms with Gasteiger partial charge in [-0.2, -0.15) is 0 Å². The number of aliphatic hydroxyl groups excluding tert-OH is 3. The van der Waals surface area contributed by atoms with Crippen LogP contribution in [0.25, 0.3) is 0 Å². The lowest BCUT2D eigenvalue weighted by atomic mass is 9.81. The van der Waals surface area contributed by atoms with Crippen LogP contribution in [0.15, 0.2) is 47.8 Å². The second-order valence-electron chi connectivity index (χ2n) is 10.1. The maximum Gasteiger partial charge on any atom is 0.436 e. The van der Waals surface area contributed by atoms with Crippen LogP contribution in [0.2, 0.25) is 0 Å². The highest BCUT2D eigenvalue weighted by Crippen LogP contribution is 2.37. The number of unbranched alkanes of at least 4 members (excludes halogenated alkanes) is 8. The molecule has 0 amide bonds. The number of aliphatic hydroxyl groups is 4. The van der Waals surface area contributed by atoms with Gasteiger partial charge in [-0.25, -0.2) is 0 Å². The van der Waals surface area contributed by atoms with Gasteiger partial charge in [-0.15, -0.1) is 0 Å². The third-order valence-electron chi connectivity index (χ3n) is 7.13. The molecule has 1 fully saturated rings. The molecule has 1 saturated carbocycles. The lowest BCUT2D eigenvalue weighted by molar-refractivity contribution is -0.288. The monoisotopic (exact) mass is 518 g/mol. The van der Waals surface area contributed by atoms with Crippen molar-refractivity contribution < 1.29 is 39.4 Å². The van der Waals surface area contributed by atoms with Gasteiger partial charge in [0.2, 0.25) is 5.76 Å². The maximum absolute atomic E-state index is 12.5. The van der Waals surface area contributed by atoms with E-state index in [1.54, 1.807) is 12.1 Å². The molecule has 1 aromatic rings. The molecule has 4 N–H and O–H groups in total. The van der Waals surface area contributed by atoms with Crippen LogP contribution in [-0.2, 0) is 14.3 Å². The molecule has 1 aliphatic carbocycles. The molecule has 3 rings (SSSR count). The van der Waals surface area contributed by atoms with E-state index in [2.05, 4.69) is 6.92 Å². The third kappa shape index (κ3) is 8.32. The Balaban J connectivity index is 1.47. The minimum atomic E-state index is -2.66. The number of carbonyl (C=O) groups is 1. The Labute approximate surface area is 219 Å². The summed E-state index contributed by atoms with van der Waals surface area (Å²) in [4.78, 5) is 12.5. The summed E-state index contributed by atoms with van der Waals surface area (Å²) in [6.07, 6.45) is 15.6. The minimum Gasteiger partial charge on any atom is -0.502 e. The third-order valence-corrected chi connectivity index (χ3v) is 7.13. The largest absolute Gasteiger partial charge is 0.502 e. The molecule has 1 aliphatic heterocycles. The summed E-state index contributed by atoms with van der Waals surface area (Å²) in [5.41, 5.74) is 0.990. The summed E-state index contributed by atoms with van der Waals surface area (Å²) in [7, 11) is 0. The number of hydrogen-bond donors (Lipinski definition) is 4. The van der Waals surface area contributed by atoms with Crippen LogP contribution >= 0.6 is 0 Å². The summed E-state index contributed by atoms with van der Waals surface area (Å²) in [6.45, 7) is 2.23. The average Bonchev–Trinajstić information content (AvgIpc) is 2.90. The van der Waals surface area contributed by atoms with Crippen LogP contribution in [0.4, 0.5) is 0 Å². The molecule has 0 saturated heterocycles. The average molecular weight is 519 g/mol. The van der Waals surface area contributed by atoms with Crippen LogP contribution < -0.4 is 4.74 Å². The number of hydrogen-bond acceptors (Lipinski definition) is 8. The highest BCUT2D eigenvalue weighted by molar-refractivity contribution is 5.69. The maximum atomic E-state index is 12.5. The van der Waals surface area contributed by atoms with Gasteiger partial charge in [0.15, 0.2) is 5.76 Å². The Bertz CT molecular complexity index is 922. The van der Waals surface area contributed by atoms with E-state index in [0.29, 0.717) is 12.7 Å². The molecule has 0 aromatic heterocycles.